The van der Waals surface area contributed by atoms with Gasteiger partial charge in [-0.15, -0.1) is 0 Å². The predicted molar refractivity (Wildman–Crippen MR) is 142 cm³/mol. The van der Waals surface area contributed by atoms with Crippen molar-refractivity contribution in [3.8, 4) is 5.75 Å². The number of halogens is 1. The van der Waals surface area contributed by atoms with E-state index in [4.69, 9.17) is 21.1 Å². The summed E-state index contributed by atoms with van der Waals surface area (Å²) in [6, 6.07) is 12.4. The van der Waals surface area contributed by atoms with Crippen LogP contribution in [0.15, 0.2) is 48.7 Å². The first kappa shape index (κ1) is 26.3. The maximum atomic E-state index is 12.7. The van der Waals surface area contributed by atoms with Crippen molar-refractivity contribution in [2.75, 3.05) is 36.4 Å². The summed E-state index contributed by atoms with van der Waals surface area (Å²) in [6.45, 7) is 8.76. The van der Waals surface area contributed by atoms with Crippen LogP contribution in [0.3, 0.4) is 0 Å². The highest BCUT2D eigenvalue weighted by Crippen LogP contribution is 2.39. The van der Waals surface area contributed by atoms with E-state index in [9.17, 15) is 9.36 Å². The lowest BCUT2D eigenvalue weighted by Crippen LogP contribution is -2.27. The number of nitrogens with one attached hydrogen (secondary N) is 3. The number of rotatable bonds is 7. The van der Waals surface area contributed by atoms with Crippen molar-refractivity contribution < 1.29 is 18.8 Å². The monoisotopic (exact) mass is 517 g/mol. The molecule has 1 amide bonds. The molecule has 186 valence electrons. The Morgan fingerprint density at radius 1 is 1.06 bits per heavy atom. The van der Waals surface area contributed by atoms with E-state index in [1.165, 1.54) is 13.3 Å². The highest BCUT2D eigenvalue weighted by atomic mass is 35.5. The van der Waals surface area contributed by atoms with Crippen molar-refractivity contribution in [2.45, 2.75) is 26.4 Å². The summed E-state index contributed by atoms with van der Waals surface area (Å²) in [5.41, 5.74) is 1.03. The average Bonchev–Trinajstić information content (AvgIpc) is 2.74. The Hall–Kier alpha value is -3.29. The number of anilines is 5. The average molecular weight is 518 g/mol. The molecule has 1 aromatic heterocycles. The maximum absolute atomic E-state index is 12.7. The third-order valence-electron chi connectivity index (χ3n) is 4.57. The zero-order chi connectivity index (χ0) is 25.8. The fourth-order valence-electron chi connectivity index (χ4n) is 3.12. The van der Waals surface area contributed by atoms with Gasteiger partial charge >= 0.3 is 6.09 Å². The molecule has 3 aromatic rings. The Bertz CT molecular complexity index is 1270. The molecular weight excluding hydrogens is 489 g/mol. The van der Waals surface area contributed by atoms with Crippen LogP contribution in [-0.2, 0) is 9.30 Å². The topological polar surface area (TPSA) is 114 Å². The van der Waals surface area contributed by atoms with Crippen LogP contribution in [0.25, 0.3) is 0 Å². The van der Waals surface area contributed by atoms with Crippen LogP contribution in [0.4, 0.5) is 33.6 Å². The SMILES string of the molecule is COc1ccc(NC(=O)OC(C)(C)C)cc1Nc1ncc(Cl)c(Nc2ccccc2P(C)(C)=O)n1. The quantitative estimate of drug-likeness (QED) is 0.316. The molecule has 0 radical (unpaired) electrons. The van der Waals surface area contributed by atoms with Gasteiger partial charge in [-0.2, -0.15) is 4.98 Å². The second-order valence-corrected chi connectivity index (χ2v) is 12.6. The maximum Gasteiger partial charge on any atom is 0.412 e. The van der Waals surface area contributed by atoms with Crippen molar-refractivity contribution >= 4 is 59.0 Å². The molecule has 3 rings (SSSR count). The first-order valence-corrected chi connectivity index (χ1v) is 13.7. The van der Waals surface area contributed by atoms with Crippen molar-refractivity contribution in [1.82, 2.24) is 9.97 Å². The van der Waals surface area contributed by atoms with Gasteiger partial charge in [-0.1, -0.05) is 23.7 Å². The molecule has 0 saturated heterocycles. The molecule has 0 unspecified atom stereocenters. The number of carbonyl (C=O) groups excluding carboxylic acids is 1. The molecule has 0 bridgehead atoms. The van der Waals surface area contributed by atoms with E-state index in [2.05, 4.69) is 25.9 Å². The summed E-state index contributed by atoms with van der Waals surface area (Å²) in [7, 11) is -1.01. The van der Waals surface area contributed by atoms with Crippen molar-refractivity contribution in [1.29, 1.82) is 0 Å². The summed E-state index contributed by atoms with van der Waals surface area (Å²) >= 11 is 6.34. The molecule has 11 heteroatoms. The van der Waals surface area contributed by atoms with Gasteiger partial charge in [0.1, 0.15) is 23.5 Å². The fraction of sp³-hybridized carbons (Fsp3) is 0.292. The van der Waals surface area contributed by atoms with Gasteiger partial charge < -0.3 is 24.7 Å². The fourth-order valence-corrected chi connectivity index (χ4v) is 4.41. The van der Waals surface area contributed by atoms with Gasteiger partial charge in [0, 0.05) is 11.0 Å². The van der Waals surface area contributed by atoms with Crippen LogP contribution < -0.4 is 26.0 Å². The Kier molecular flexibility index (Phi) is 7.93. The number of ether oxygens (including phenoxy) is 2. The predicted octanol–water partition coefficient (Wildman–Crippen LogP) is 6.22. The number of hydrogen-bond acceptors (Lipinski definition) is 8. The third kappa shape index (κ3) is 7.34. The van der Waals surface area contributed by atoms with Gasteiger partial charge in [-0.3, -0.25) is 5.32 Å². The molecule has 9 nitrogen and oxygen atoms in total. The van der Waals surface area contributed by atoms with E-state index in [0.29, 0.717) is 39.0 Å². The van der Waals surface area contributed by atoms with Gasteiger partial charge in [-0.05, 0) is 64.4 Å². The van der Waals surface area contributed by atoms with Crippen LogP contribution in [0.1, 0.15) is 20.8 Å². The second-order valence-electron chi connectivity index (χ2n) is 9.05. The zero-order valence-electron chi connectivity index (χ0n) is 20.5. The molecule has 0 spiro atoms. The van der Waals surface area contributed by atoms with Crippen molar-refractivity contribution in [3.63, 3.8) is 0 Å². The lowest BCUT2D eigenvalue weighted by Gasteiger charge is -2.20. The minimum absolute atomic E-state index is 0.235. The molecule has 3 N–H and O–H groups in total. The van der Waals surface area contributed by atoms with Crippen molar-refractivity contribution in [2.24, 2.45) is 0 Å². The normalized spacial score (nSPS) is 11.5. The van der Waals surface area contributed by atoms with E-state index in [-0.39, 0.29) is 5.95 Å². The molecule has 0 saturated carbocycles. The number of hydrogen-bond donors (Lipinski definition) is 3. The van der Waals surface area contributed by atoms with Crippen LogP contribution in [0, 0.1) is 0 Å². The summed E-state index contributed by atoms with van der Waals surface area (Å²) in [5, 5.41) is 9.92. The largest absolute Gasteiger partial charge is 0.495 e. The van der Waals surface area contributed by atoms with E-state index in [1.54, 1.807) is 52.3 Å². The van der Waals surface area contributed by atoms with Crippen LogP contribution in [0.5, 0.6) is 5.75 Å². The summed E-state index contributed by atoms with van der Waals surface area (Å²) in [4.78, 5) is 20.9. The molecule has 2 aromatic carbocycles. The Labute approximate surface area is 210 Å². The third-order valence-corrected chi connectivity index (χ3v) is 6.40. The van der Waals surface area contributed by atoms with E-state index < -0.39 is 18.8 Å². The van der Waals surface area contributed by atoms with Crippen LogP contribution in [0.2, 0.25) is 5.02 Å². The summed E-state index contributed by atoms with van der Waals surface area (Å²) < 4.78 is 23.4. The number of methoxy groups -OCH3 is 1. The lowest BCUT2D eigenvalue weighted by atomic mass is 10.2. The summed E-state index contributed by atoms with van der Waals surface area (Å²) in [6.07, 6.45) is 0.875. The van der Waals surface area contributed by atoms with Gasteiger partial charge in [0.05, 0.1) is 24.7 Å². The standard InChI is InChI=1S/C24H29ClN5O4P/c1-24(2,3)34-23(31)27-15-11-12-19(33-4)18(13-15)29-22-26-14-16(25)21(30-22)28-17-9-7-8-10-20(17)35(5,6)32/h7-14H,1-6H3,(H,27,31)(H2,26,28,29,30). The molecule has 35 heavy (non-hydrogen) atoms. The van der Waals surface area contributed by atoms with E-state index in [1.807, 2.05) is 24.3 Å². The minimum Gasteiger partial charge on any atom is -0.495 e. The van der Waals surface area contributed by atoms with Crippen LogP contribution >= 0.6 is 18.7 Å². The van der Waals surface area contributed by atoms with Gasteiger partial charge in [0.25, 0.3) is 0 Å². The lowest BCUT2D eigenvalue weighted by molar-refractivity contribution is 0.0636. The van der Waals surface area contributed by atoms with Gasteiger partial charge in [-0.25, -0.2) is 9.78 Å². The van der Waals surface area contributed by atoms with Crippen LogP contribution in [-0.4, -0.2) is 42.1 Å². The van der Waals surface area contributed by atoms with Gasteiger partial charge in [0.2, 0.25) is 5.95 Å². The number of benzene rings is 2. The Morgan fingerprint density at radius 2 is 1.77 bits per heavy atom. The number of aromatic nitrogens is 2. The number of nitrogens with zero attached hydrogens (tertiary/aromatic N) is 2. The number of carbonyl (C=O) groups is 1. The Morgan fingerprint density at radius 3 is 2.43 bits per heavy atom. The molecule has 0 aliphatic heterocycles. The minimum atomic E-state index is -2.54. The summed E-state index contributed by atoms with van der Waals surface area (Å²) in [5.74, 6) is 1.08. The number of para-hydroxylation sites is 1. The molecule has 0 atom stereocenters. The smallest absolute Gasteiger partial charge is 0.412 e. The van der Waals surface area contributed by atoms with E-state index in [0.717, 1.165) is 0 Å². The van der Waals surface area contributed by atoms with Crippen molar-refractivity contribution in [3.05, 3.63) is 53.7 Å². The molecule has 0 aliphatic carbocycles. The molecule has 1 heterocycles. The second kappa shape index (κ2) is 10.5. The first-order chi connectivity index (χ1) is 16.4. The highest BCUT2D eigenvalue weighted by molar-refractivity contribution is 7.70. The highest BCUT2D eigenvalue weighted by Gasteiger charge is 2.19. The van der Waals surface area contributed by atoms with Gasteiger partial charge in [0.15, 0.2) is 5.82 Å². The molecule has 0 aliphatic rings. The number of amides is 1. The first-order valence-electron chi connectivity index (χ1n) is 10.7. The molecule has 0 fully saturated rings. The van der Waals surface area contributed by atoms with E-state index >= 15 is 0 Å². The Balaban J connectivity index is 1.87. The molecular formula is C24H29ClN5O4P. The zero-order valence-corrected chi connectivity index (χ0v) is 22.1.